The van der Waals surface area contributed by atoms with E-state index in [-0.39, 0.29) is 6.17 Å². The van der Waals surface area contributed by atoms with Gasteiger partial charge in [0.05, 0.1) is 0 Å². The Morgan fingerprint density at radius 3 is 2.42 bits per heavy atom. The normalized spacial score (nSPS) is 16.1. The van der Waals surface area contributed by atoms with Crippen LogP contribution < -0.4 is 4.90 Å². The first-order chi connectivity index (χ1) is 12.7. The lowest BCUT2D eigenvalue weighted by molar-refractivity contribution is 0.240. The fourth-order valence-corrected chi connectivity index (χ4v) is 4.50. The SMILES string of the molecule is CN(Cc1ccccc1)C1c2cc3ccccc3c3cccc(c23)N1C. The lowest BCUT2D eigenvalue weighted by Gasteiger charge is -2.32. The van der Waals surface area contributed by atoms with E-state index in [1.165, 1.54) is 38.4 Å². The molecule has 1 unspecified atom stereocenters. The molecule has 0 N–H and O–H groups in total. The van der Waals surface area contributed by atoms with Crippen LogP contribution in [0.5, 0.6) is 0 Å². The number of rotatable bonds is 3. The molecular formula is C24H22N2. The number of nitrogens with zero attached hydrogens (tertiary/aromatic N) is 2. The molecule has 0 aromatic heterocycles. The summed E-state index contributed by atoms with van der Waals surface area (Å²) in [6.07, 6.45) is 0.250. The molecule has 26 heavy (non-hydrogen) atoms. The van der Waals surface area contributed by atoms with Gasteiger partial charge in [-0.3, -0.25) is 4.90 Å². The minimum absolute atomic E-state index is 0.250. The molecule has 0 fully saturated rings. The summed E-state index contributed by atoms with van der Waals surface area (Å²) in [6.45, 7) is 0.929. The molecule has 128 valence electrons. The molecule has 0 bridgehead atoms. The second kappa shape index (κ2) is 5.86. The summed E-state index contributed by atoms with van der Waals surface area (Å²) in [7, 11) is 4.44. The first-order valence-electron chi connectivity index (χ1n) is 9.15. The quantitative estimate of drug-likeness (QED) is 0.450. The highest BCUT2D eigenvalue weighted by Gasteiger charge is 2.32. The molecule has 0 radical (unpaired) electrons. The molecule has 1 aliphatic heterocycles. The summed E-state index contributed by atoms with van der Waals surface area (Å²) in [6, 6.07) is 28.5. The van der Waals surface area contributed by atoms with Crippen LogP contribution in [0.3, 0.4) is 0 Å². The standard InChI is InChI=1S/C24H22N2/c1-25(16-17-9-4-3-5-10-17)24-21-15-18-11-6-7-12-19(18)20-13-8-14-22(23(20)21)26(24)2/h3-15,24H,16H2,1-2H3. The average molecular weight is 338 g/mol. The summed E-state index contributed by atoms with van der Waals surface area (Å²) in [5.74, 6) is 0. The van der Waals surface area contributed by atoms with Crippen molar-refractivity contribution in [2.75, 3.05) is 19.0 Å². The predicted molar refractivity (Wildman–Crippen MR) is 111 cm³/mol. The Morgan fingerprint density at radius 2 is 1.58 bits per heavy atom. The molecule has 4 aromatic carbocycles. The largest absolute Gasteiger partial charge is 0.354 e. The maximum absolute atomic E-state index is 2.44. The predicted octanol–water partition coefficient (Wildman–Crippen LogP) is 5.57. The third kappa shape index (κ3) is 2.23. The molecular weight excluding hydrogens is 316 g/mol. The lowest BCUT2D eigenvalue weighted by atomic mass is 9.97. The number of hydrogen-bond donors (Lipinski definition) is 0. The highest BCUT2D eigenvalue weighted by atomic mass is 15.3. The van der Waals surface area contributed by atoms with Crippen LogP contribution in [0.4, 0.5) is 5.69 Å². The van der Waals surface area contributed by atoms with Gasteiger partial charge in [0, 0.05) is 24.7 Å². The molecule has 1 heterocycles. The Labute approximate surface area is 154 Å². The highest BCUT2D eigenvalue weighted by Crippen LogP contribution is 2.46. The summed E-state index contributed by atoms with van der Waals surface area (Å²) in [4.78, 5) is 4.86. The van der Waals surface area contributed by atoms with Crippen LogP contribution in [0, 0.1) is 0 Å². The summed E-state index contributed by atoms with van der Waals surface area (Å²) >= 11 is 0. The third-order valence-electron chi connectivity index (χ3n) is 5.61. The maximum Gasteiger partial charge on any atom is 0.109 e. The smallest absolute Gasteiger partial charge is 0.109 e. The fourth-order valence-electron chi connectivity index (χ4n) is 4.50. The van der Waals surface area contributed by atoms with Crippen molar-refractivity contribution in [3.63, 3.8) is 0 Å². The van der Waals surface area contributed by atoms with Crippen LogP contribution in [0.25, 0.3) is 21.5 Å². The van der Waals surface area contributed by atoms with E-state index in [0.29, 0.717) is 0 Å². The van der Waals surface area contributed by atoms with Crippen molar-refractivity contribution in [1.82, 2.24) is 4.90 Å². The van der Waals surface area contributed by atoms with Crippen molar-refractivity contribution in [3.05, 3.63) is 90.0 Å². The molecule has 0 amide bonds. The minimum atomic E-state index is 0.250. The molecule has 5 rings (SSSR count). The second-order valence-electron chi connectivity index (χ2n) is 7.27. The van der Waals surface area contributed by atoms with E-state index >= 15 is 0 Å². The maximum atomic E-state index is 2.44. The molecule has 2 heteroatoms. The Kier molecular flexibility index (Phi) is 3.47. The first-order valence-corrected chi connectivity index (χ1v) is 9.15. The van der Waals surface area contributed by atoms with E-state index in [4.69, 9.17) is 0 Å². The third-order valence-corrected chi connectivity index (χ3v) is 5.61. The Bertz CT molecular complexity index is 1100. The first kappa shape index (κ1) is 15.4. The van der Waals surface area contributed by atoms with E-state index in [9.17, 15) is 0 Å². The number of fused-ring (bicyclic) bond motifs is 2. The Hall–Kier alpha value is -2.84. The minimum Gasteiger partial charge on any atom is -0.354 e. The van der Waals surface area contributed by atoms with Gasteiger partial charge in [-0.1, -0.05) is 66.7 Å². The number of benzene rings is 4. The Balaban J connectivity index is 1.67. The van der Waals surface area contributed by atoms with Gasteiger partial charge in [-0.2, -0.15) is 0 Å². The van der Waals surface area contributed by atoms with Gasteiger partial charge < -0.3 is 4.90 Å². The van der Waals surface area contributed by atoms with E-state index in [1.807, 2.05) is 0 Å². The van der Waals surface area contributed by atoms with Gasteiger partial charge >= 0.3 is 0 Å². The van der Waals surface area contributed by atoms with Crippen LogP contribution in [0.2, 0.25) is 0 Å². The van der Waals surface area contributed by atoms with E-state index < -0.39 is 0 Å². The summed E-state index contributed by atoms with van der Waals surface area (Å²) in [5, 5.41) is 5.42. The molecule has 1 aliphatic rings. The monoisotopic (exact) mass is 338 g/mol. The van der Waals surface area contributed by atoms with Gasteiger partial charge in [0.15, 0.2) is 0 Å². The molecule has 1 atom stereocenters. The van der Waals surface area contributed by atoms with Gasteiger partial charge in [-0.05, 0) is 46.5 Å². The average Bonchev–Trinajstić information content (AvgIpc) is 2.96. The molecule has 0 spiro atoms. The topological polar surface area (TPSA) is 6.48 Å². The molecule has 2 nitrogen and oxygen atoms in total. The molecule has 0 aliphatic carbocycles. The highest BCUT2D eigenvalue weighted by molar-refractivity contribution is 6.14. The second-order valence-corrected chi connectivity index (χ2v) is 7.27. The zero-order valence-electron chi connectivity index (χ0n) is 15.2. The van der Waals surface area contributed by atoms with Crippen molar-refractivity contribution in [2.24, 2.45) is 0 Å². The van der Waals surface area contributed by atoms with Crippen molar-refractivity contribution in [3.8, 4) is 0 Å². The summed E-state index contributed by atoms with van der Waals surface area (Å²) in [5.41, 5.74) is 4.08. The van der Waals surface area contributed by atoms with Crippen molar-refractivity contribution < 1.29 is 0 Å². The van der Waals surface area contributed by atoms with Crippen molar-refractivity contribution in [1.29, 1.82) is 0 Å². The molecule has 0 saturated heterocycles. The van der Waals surface area contributed by atoms with Gasteiger partial charge in [0.25, 0.3) is 0 Å². The van der Waals surface area contributed by atoms with Gasteiger partial charge in [-0.25, -0.2) is 0 Å². The van der Waals surface area contributed by atoms with Crippen LogP contribution >= 0.6 is 0 Å². The zero-order valence-corrected chi connectivity index (χ0v) is 15.2. The number of anilines is 1. The fraction of sp³-hybridized carbons (Fsp3) is 0.167. The van der Waals surface area contributed by atoms with Crippen molar-refractivity contribution in [2.45, 2.75) is 12.7 Å². The molecule has 0 saturated carbocycles. The van der Waals surface area contributed by atoms with Crippen LogP contribution in [0.1, 0.15) is 17.3 Å². The number of hydrogen-bond acceptors (Lipinski definition) is 2. The van der Waals surface area contributed by atoms with Crippen molar-refractivity contribution >= 4 is 27.2 Å². The van der Waals surface area contributed by atoms with Gasteiger partial charge in [0.1, 0.15) is 6.17 Å². The van der Waals surface area contributed by atoms with Crippen LogP contribution in [-0.2, 0) is 6.54 Å². The van der Waals surface area contributed by atoms with Crippen LogP contribution in [-0.4, -0.2) is 19.0 Å². The van der Waals surface area contributed by atoms with Gasteiger partial charge in [0.2, 0.25) is 0 Å². The van der Waals surface area contributed by atoms with E-state index in [1.54, 1.807) is 0 Å². The summed E-state index contributed by atoms with van der Waals surface area (Å²) < 4.78 is 0. The zero-order chi connectivity index (χ0) is 17.7. The van der Waals surface area contributed by atoms with Crippen LogP contribution in [0.15, 0.2) is 78.9 Å². The van der Waals surface area contributed by atoms with E-state index in [2.05, 4.69) is 103 Å². The molecule has 4 aromatic rings. The van der Waals surface area contributed by atoms with E-state index in [0.717, 1.165) is 6.54 Å². The van der Waals surface area contributed by atoms with Gasteiger partial charge in [-0.15, -0.1) is 0 Å². The lowest BCUT2D eigenvalue weighted by Crippen LogP contribution is -2.34. The Morgan fingerprint density at radius 1 is 0.846 bits per heavy atom.